The van der Waals surface area contributed by atoms with Crippen LogP contribution in [0.5, 0.6) is 17.2 Å². The largest absolute Gasteiger partial charge is 0.493 e. The van der Waals surface area contributed by atoms with Crippen LogP contribution in [-0.4, -0.2) is 43.7 Å². The molecule has 0 aliphatic heterocycles. The summed E-state index contributed by atoms with van der Waals surface area (Å²) in [4.78, 5) is 46.8. The number of hydrogen-bond donors (Lipinski definition) is 0. The maximum absolute atomic E-state index is 12.1. The Kier molecular flexibility index (Phi) is 12.6. The molecule has 0 aliphatic rings. The van der Waals surface area contributed by atoms with Crippen molar-refractivity contribution < 1.29 is 42.9 Å². The van der Waals surface area contributed by atoms with E-state index in [0.29, 0.717) is 25.2 Å². The van der Waals surface area contributed by atoms with Crippen molar-refractivity contribution in [3.63, 3.8) is 0 Å². The lowest BCUT2D eigenvalue weighted by atomic mass is 10.2. The van der Waals surface area contributed by atoms with Gasteiger partial charge >= 0.3 is 23.9 Å². The molecular weight excluding hydrogens is 492 g/mol. The lowest BCUT2D eigenvalue weighted by molar-refractivity contribution is -0.144. The highest BCUT2D eigenvalue weighted by atomic mass is 16.5. The Bertz CT molecular complexity index is 1150. The molecule has 0 saturated carbocycles. The zero-order valence-corrected chi connectivity index (χ0v) is 21.2. The van der Waals surface area contributed by atoms with Crippen LogP contribution in [0.25, 0.3) is 6.08 Å². The maximum Gasteiger partial charge on any atom is 0.339 e. The van der Waals surface area contributed by atoms with Crippen molar-refractivity contribution >= 4 is 30.0 Å². The van der Waals surface area contributed by atoms with Crippen LogP contribution >= 0.6 is 0 Å². The summed E-state index contributed by atoms with van der Waals surface area (Å²) in [7, 11) is 0. The molecule has 9 nitrogen and oxygen atoms in total. The molecule has 0 aromatic heterocycles. The van der Waals surface area contributed by atoms with Gasteiger partial charge in [0, 0.05) is 24.1 Å². The first-order valence-corrected chi connectivity index (χ1v) is 11.9. The van der Waals surface area contributed by atoms with Crippen molar-refractivity contribution in [2.45, 2.75) is 26.2 Å². The number of carbonyl (C=O) groups is 4. The first kappa shape index (κ1) is 29.6. The molecule has 0 atom stereocenters. The van der Waals surface area contributed by atoms with Gasteiger partial charge in [0.05, 0.1) is 26.2 Å². The second-order valence-corrected chi connectivity index (χ2v) is 7.76. The molecular formula is C29H30O9. The van der Waals surface area contributed by atoms with E-state index in [2.05, 4.69) is 13.2 Å². The predicted octanol–water partition coefficient (Wildman–Crippen LogP) is 4.61. The lowest BCUT2D eigenvalue weighted by Crippen LogP contribution is -2.15. The number of benzene rings is 2. The third-order valence-corrected chi connectivity index (χ3v) is 4.63. The fourth-order valence-corrected chi connectivity index (χ4v) is 2.74. The third-order valence-electron chi connectivity index (χ3n) is 4.63. The lowest BCUT2D eigenvalue weighted by Gasteiger charge is -2.08. The Hall–Kier alpha value is -4.66. The number of ether oxygens (including phenoxy) is 5. The van der Waals surface area contributed by atoms with Gasteiger partial charge in [0.2, 0.25) is 0 Å². The Labute approximate surface area is 221 Å². The molecule has 0 spiro atoms. The zero-order chi connectivity index (χ0) is 27.8. The van der Waals surface area contributed by atoms with Crippen LogP contribution < -0.4 is 14.2 Å². The van der Waals surface area contributed by atoms with E-state index in [1.807, 2.05) is 6.92 Å². The molecule has 0 fully saturated rings. The Balaban J connectivity index is 1.76. The molecule has 0 unspecified atom stereocenters. The molecule has 2 rings (SSSR count). The average Bonchev–Trinajstić information content (AvgIpc) is 2.92. The van der Waals surface area contributed by atoms with Gasteiger partial charge in [0.15, 0.2) is 0 Å². The normalized spacial score (nSPS) is 10.3. The van der Waals surface area contributed by atoms with Crippen molar-refractivity contribution in [1.82, 2.24) is 0 Å². The van der Waals surface area contributed by atoms with E-state index in [-0.39, 0.29) is 36.7 Å². The standard InChI is InChI=1S/C29H30O9/c1-4-17-35-28(32)20-21(3)29(33)38-25-14-12-24(13-15-25)37-27(31)16-9-22-7-10-23(11-8-22)34-18-6-19-36-26(30)5-2/h5,7-16H,2-4,6,17-20H2,1H3/b16-9+. The van der Waals surface area contributed by atoms with E-state index in [9.17, 15) is 19.2 Å². The van der Waals surface area contributed by atoms with Gasteiger partial charge in [-0.05, 0) is 54.5 Å². The molecule has 0 aliphatic carbocycles. The maximum atomic E-state index is 12.1. The van der Waals surface area contributed by atoms with Crippen LogP contribution in [0.2, 0.25) is 0 Å². The molecule has 0 amide bonds. The Morgan fingerprint density at radius 3 is 2.05 bits per heavy atom. The SMILES string of the molecule is C=CC(=O)OCCCOc1ccc(/C=C/C(=O)Oc2ccc(OC(=O)C(=C)CC(=O)OCCC)cc2)cc1. The molecule has 0 N–H and O–H groups in total. The molecule has 2 aromatic carbocycles. The van der Waals surface area contributed by atoms with Gasteiger partial charge in [-0.1, -0.05) is 32.2 Å². The number of rotatable bonds is 15. The molecule has 38 heavy (non-hydrogen) atoms. The first-order valence-electron chi connectivity index (χ1n) is 11.9. The van der Waals surface area contributed by atoms with Gasteiger partial charge < -0.3 is 23.7 Å². The van der Waals surface area contributed by atoms with Crippen molar-refractivity contribution in [3.05, 3.63) is 85.0 Å². The smallest absolute Gasteiger partial charge is 0.339 e. The quantitative estimate of drug-likeness (QED) is 0.143. The molecule has 0 radical (unpaired) electrons. The summed E-state index contributed by atoms with van der Waals surface area (Å²) >= 11 is 0. The summed E-state index contributed by atoms with van der Waals surface area (Å²) in [6.45, 7) is 9.64. The van der Waals surface area contributed by atoms with Gasteiger partial charge in [-0.3, -0.25) is 4.79 Å². The van der Waals surface area contributed by atoms with Gasteiger partial charge in [-0.25, -0.2) is 14.4 Å². The summed E-state index contributed by atoms with van der Waals surface area (Å²) in [6, 6.07) is 12.9. The van der Waals surface area contributed by atoms with E-state index in [0.717, 1.165) is 11.6 Å². The molecule has 0 saturated heterocycles. The van der Waals surface area contributed by atoms with Gasteiger partial charge in [-0.2, -0.15) is 0 Å². The number of carbonyl (C=O) groups excluding carboxylic acids is 4. The average molecular weight is 523 g/mol. The summed E-state index contributed by atoms with van der Waals surface area (Å²) in [5.41, 5.74) is 0.730. The minimum Gasteiger partial charge on any atom is -0.493 e. The molecule has 0 bridgehead atoms. The summed E-state index contributed by atoms with van der Waals surface area (Å²) < 4.78 is 25.8. The topological polar surface area (TPSA) is 114 Å². The monoisotopic (exact) mass is 522 g/mol. The van der Waals surface area contributed by atoms with E-state index < -0.39 is 23.9 Å². The van der Waals surface area contributed by atoms with Crippen LogP contribution in [0.1, 0.15) is 31.7 Å². The second kappa shape index (κ2) is 16.2. The van der Waals surface area contributed by atoms with E-state index in [1.54, 1.807) is 30.3 Å². The van der Waals surface area contributed by atoms with Crippen LogP contribution in [0.3, 0.4) is 0 Å². The van der Waals surface area contributed by atoms with Gasteiger partial charge in [0.1, 0.15) is 17.2 Å². The third kappa shape index (κ3) is 11.4. The van der Waals surface area contributed by atoms with E-state index in [1.165, 1.54) is 30.3 Å². The number of esters is 4. The van der Waals surface area contributed by atoms with Crippen molar-refractivity contribution in [2.75, 3.05) is 19.8 Å². The van der Waals surface area contributed by atoms with Gasteiger partial charge in [-0.15, -0.1) is 0 Å². The minimum atomic E-state index is -0.753. The van der Waals surface area contributed by atoms with Gasteiger partial charge in [0.25, 0.3) is 0 Å². The van der Waals surface area contributed by atoms with Crippen LogP contribution in [0, 0.1) is 0 Å². The predicted molar refractivity (Wildman–Crippen MR) is 139 cm³/mol. The van der Waals surface area contributed by atoms with Crippen molar-refractivity contribution in [1.29, 1.82) is 0 Å². The fourth-order valence-electron chi connectivity index (χ4n) is 2.74. The van der Waals surface area contributed by atoms with E-state index >= 15 is 0 Å². The Morgan fingerprint density at radius 2 is 1.42 bits per heavy atom. The molecule has 0 heterocycles. The summed E-state index contributed by atoms with van der Waals surface area (Å²) in [6.07, 6.45) is 4.94. The van der Waals surface area contributed by atoms with Crippen LogP contribution in [0.4, 0.5) is 0 Å². The molecule has 2 aromatic rings. The number of hydrogen-bond acceptors (Lipinski definition) is 9. The highest BCUT2D eigenvalue weighted by molar-refractivity contribution is 5.94. The minimum absolute atomic E-state index is 0.0297. The second-order valence-electron chi connectivity index (χ2n) is 7.76. The molecule has 200 valence electrons. The van der Waals surface area contributed by atoms with Crippen LogP contribution in [0.15, 0.2) is 79.4 Å². The Morgan fingerprint density at radius 1 is 0.789 bits per heavy atom. The van der Waals surface area contributed by atoms with Crippen LogP contribution in [-0.2, 0) is 28.7 Å². The summed E-state index contributed by atoms with van der Waals surface area (Å²) in [5.74, 6) is -1.27. The highest BCUT2D eigenvalue weighted by Crippen LogP contribution is 2.20. The molecule has 9 heteroatoms. The van der Waals surface area contributed by atoms with Crippen molar-refractivity contribution in [3.8, 4) is 17.2 Å². The van der Waals surface area contributed by atoms with Crippen molar-refractivity contribution in [2.24, 2.45) is 0 Å². The zero-order valence-electron chi connectivity index (χ0n) is 21.2. The summed E-state index contributed by atoms with van der Waals surface area (Å²) in [5, 5.41) is 0. The fraction of sp³-hybridized carbons (Fsp3) is 0.241. The first-order chi connectivity index (χ1) is 18.3. The van der Waals surface area contributed by atoms with E-state index in [4.69, 9.17) is 23.7 Å². The highest BCUT2D eigenvalue weighted by Gasteiger charge is 2.15.